The first-order valence-corrected chi connectivity index (χ1v) is 9.24. The summed E-state index contributed by atoms with van der Waals surface area (Å²) in [6, 6.07) is 2.53. The van der Waals surface area contributed by atoms with Crippen LogP contribution in [0.25, 0.3) is 0 Å². The second kappa shape index (κ2) is 7.79. The normalized spacial score (nSPS) is 20.7. The Bertz CT molecular complexity index is 760. The molecule has 1 aromatic carbocycles. The molecule has 8 nitrogen and oxygen atoms in total. The van der Waals surface area contributed by atoms with E-state index >= 15 is 0 Å². The summed E-state index contributed by atoms with van der Waals surface area (Å²) in [4.78, 5) is 22.4. The minimum atomic E-state index is -3.98. The van der Waals surface area contributed by atoms with Gasteiger partial charge in [-0.25, -0.2) is 22.3 Å². The van der Waals surface area contributed by atoms with Crippen molar-refractivity contribution in [3.63, 3.8) is 0 Å². The van der Waals surface area contributed by atoms with Gasteiger partial charge in [-0.1, -0.05) is 0 Å². The molecule has 2 rings (SSSR count). The molecule has 1 aliphatic rings. The van der Waals surface area contributed by atoms with Crippen LogP contribution in [0.1, 0.15) is 25.7 Å². The highest BCUT2D eigenvalue weighted by atomic mass is 32.2. The molecule has 0 unspecified atom stereocenters. The molecule has 0 saturated heterocycles. The Kier molecular flexibility index (Phi) is 5.96. The molecule has 1 aliphatic carbocycles. The van der Waals surface area contributed by atoms with E-state index in [1.165, 1.54) is 6.07 Å². The molecular weight excluding hydrogens is 353 g/mol. The van der Waals surface area contributed by atoms with Crippen molar-refractivity contribution >= 4 is 27.7 Å². The lowest BCUT2D eigenvalue weighted by molar-refractivity contribution is -0.142. The van der Waals surface area contributed by atoms with Gasteiger partial charge in [-0.2, -0.15) is 0 Å². The van der Waals surface area contributed by atoms with E-state index in [0.29, 0.717) is 25.7 Å². The summed E-state index contributed by atoms with van der Waals surface area (Å²) in [5.41, 5.74) is 0.131. The van der Waals surface area contributed by atoms with Crippen molar-refractivity contribution in [3.8, 4) is 0 Å². The molecule has 0 aliphatic heterocycles. The number of carboxylic acids is 1. The van der Waals surface area contributed by atoms with Crippen LogP contribution in [0, 0.1) is 11.7 Å². The van der Waals surface area contributed by atoms with Crippen molar-refractivity contribution in [1.82, 2.24) is 10.0 Å². The number of rotatable bonds is 5. The number of anilines is 1. The molecule has 4 N–H and O–H groups in total. The molecule has 1 aromatic rings. The fourth-order valence-corrected chi connectivity index (χ4v) is 3.56. The average Bonchev–Trinajstić information content (AvgIpc) is 2.57. The molecule has 0 bridgehead atoms. The van der Waals surface area contributed by atoms with E-state index in [1.807, 2.05) is 4.72 Å². The summed E-state index contributed by atoms with van der Waals surface area (Å²) in [7, 11) is -2.82. The van der Waals surface area contributed by atoms with Crippen LogP contribution >= 0.6 is 0 Å². The summed E-state index contributed by atoms with van der Waals surface area (Å²) >= 11 is 0. The van der Waals surface area contributed by atoms with Gasteiger partial charge in [0, 0.05) is 11.7 Å². The molecule has 138 valence electrons. The Labute approximate surface area is 144 Å². The Morgan fingerprint density at radius 3 is 2.40 bits per heavy atom. The lowest BCUT2D eigenvalue weighted by Crippen LogP contribution is -2.41. The first-order chi connectivity index (χ1) is 11.7. The number of nitrogens with one attached hydrogen (secondary N) is 3. The first-order valence-electron chi connectivity index (χ1n) is 7.76. The summed E-state index contributed by atoms with van der Waals surface area (Å²) in [5.74, 6) is -2.13. The minimum absolute atomic E-state index is 0.131. The van der Waals surface area contributed by atoms with Crippen LogP contribution < -0.4 is 15.4 Å². The molecule has 25 heavy (non-hydrogen) atoms. The predicted molar refractivity (Wildman–Crippen MR) is 88.2 cm³/mol. The largest absolute Gasteiger partial charge is 0.481 e. The van der Waals surface area contributed by atoms with Crippen molar-refractivity contribution in [1.29, 1.82) is 0 Å². The molecular formula is C15H20FN3O5S. The zero-order valence-electron chi connectivity index (χ0n) is 13.6. The van der Waals surface area contributed by atoms with Gasteiger partial charge in [-0.3, -0.25) is 4.79 Å². The number of amides is 2. The maximum absolute atomic E-state index is 13.7. The summed E-state index contributed by atoms with van der Waals surface area (Å²) in [6.07, 6.45) is 2.07. The van der Waals surface area contributed by atoms with Gasteiger partial charge in [0.15, 0.2) is 0 Å². The van der Waals surface area contributed by atoms with E-state index in [9.17, 15) is 22.4 Å². The number of carboxylic acid groups (broad SMARTS) is 1. The number of carbonyl (C=O) groups excluding carboxylic acids is 1. The van der Waals surface area contributed by atoms with Crippen LogP contribution in [0.2, 0.25) is 0 Å². The monoisotopic (exact) mass is 373 g/mol. The molecule has 0 aromatic heterocycles. The fourth-order valence-electron chi connectivity index (χ4n) is 2.73. The molecule has 0 radical (unpaired) electrons. The van der Waals surface area contributed by atoms with E-state index < -0.39 is 32.7 Å². The SMILES string of the molecule is CNS(=O)(=O)c1cc(NC(=O)NC2CCC(C(=O)O)CC2)ccc1F. The molecule has 1 fully saturated rings. The molecule has 1 saturated carbocycles. The van der Waals surface area contributed by atoms with Crippen molar-refractivity contribution in [2.45, 2.75) is 36.6 Å². The van der Waals surface area contributed by atoms with Crippen molar-refractivity contribution < 1.29 is 27.5 Å². The molecule has 10 heteroatoms. The smallest absolute Gasteiger partial charge is 0.319 e. The van der Waals surface area contributed by atoms with Crippen LogP contribution in [0.15, 0.2) is 23.1 Å². The van der Waals surface area contributed by atoms with Crippen LogP contribution in [-0.2, 0) is 14.8 Å². The second-order valence-electron chi connectivity index (χ2n) is 5.84. The maximum atomic E-state index is 13.7. The summed E-state index contributed by atoms with van der Waals surface area (Å²) in [6.45, 7) is 0. The van der Waals surface area contributed by atoms with E-state index in [4.69, 9.17) is 5.11 Å². The Hall–Kier alpha value is -2.20. The Morgan fingerprint density at radius 1 is 1.20 bits per heavy atom. The Balaban J connectivity index is 1.97. The number of hydrogen-bond acceptors (Lipinski definition) is 4. The number of hydrogen-bond donors (Lipinski definition) is 4. The lowest BCUT2D eigenvalue weighted by Gasteiger charge is -2.26. The topological polar surface area (TPSA) is 125 Å². The zero-order valence-corrected chi connectivity index (χ0v) is 14.4. The number of sulfonamides is 1. The summed E-state index contributed by atoms with van der Waals surface area (Å²) in [5, 5.41) is 14.1. The quantitative estimate of drug-likeness (QED) is 0.622. The standard InChI is InChI=1S/C15H20FN3O5S/c1-17-25(23,24)13-8-11(6-7-12(13)16)19-15(22)18-10-4-2-9(3-5-10)14(20)21/h6-10,17H,2-5H2,1H3,(H,20,21)(H2,18,19,22). The van der Waals surface area contributed by atoms with Gasteiger partial charge < -0.3 is 15.7 Å². The van der Waals surface area contributed by atoms with Gasteiger partial charge in [-0.05, 0) is 50.9 Å². The van der Waals surface area contributed by atoms with Gasteiger partial charge in [0.2, 0.25) is 10.0 Å². The zero-order chi connectivity index (χ0) is 18.6. The third kappa shape index (κ3) is 4.89. The van der Waals surface area contributed by atoms with Crippen LogP contribution in [0.4, 0.5) is 14.9 Å². The van der Waals surface area contributed by atoms with Crippen LogP contribution in [-0.4, -0.2) is 38.6 Å². The average molecular weight is 373 g/mol. The van der Waals surface area contributed by atoms with Gasteiger partial charge >= 0.3 is 12.0 Å². The Morgan fingerprint density at radius 2 is 1.84 bits per heavy atom. The van der Waals surface area contributed by atoms with Crippen molar-refractivity contribution in [2.75, 3.05) is 12.4 Å². The third-order valence-electron chi connectivity index (χ3n) is 4.16. The number of benzene rings is 1. The van der Waals surface area contributed by atoms with Gasteiger partial charge in [0.05, 0.1) is 5.92 Å². The van der Waals surface area contributed by atoms with Crippen LogP contribution in [0.5, 0.6) is 0 Å². The molecule has 0 spiro atoms. The van der Waals surface area contributed by atoms with Crippen LogP contribution in [0.3, 0.4) is 0 Å². The van der Waals surface area contributed by atoms with Crippen molar-refractivity contribution in [2.24, 2.45) is 5.92 Å². The second-order valence-corrected chi connectivity index (χ2v) is 7.69. The molecule has 0 heterocycles. The molecule has 0 atom stereocenters. The highest BCUT2D eigenvalue weighted by Crippen LogP contribution is 2.24. The van der Waals surface area contributed by atoms with E-state index in [1.54, 1.807) is 0 Å². The predicted octanol–water partition coefficient (Wildman–Crippen LogP) is 1.50. The lowest BCUT2D eigenvalue weighted by atomic mass is 9.86. The van der Waals surface area contributed by atoms with Gasteiger partial charge in [0.25, 0.3) is 0 Å². The first kappa shape index (κ1) is 19.1. The van der Waals surface area contributed by atoms with Gasteiger partial charge in [-0.15, -0.1) is 0 Å². The number of carbonyl (C=O) groups is 2. The van der Waals surface area contributed by atoms with E-state index in [0.717, 1.165) is 19.2 Å². The van der Waals surface area contributed by atoms with Crippen molar-refractivity contribution in [3.05, 3.63) is 24.0 Å². The fraction of sp³-hybridized carbons (Fsp3) is 0.467. The number of halogens is 1. The highest BCUT2D eigenvalue weighted by Gasteiger charge is 2.26. The van der Waals surface area contributed by atoms with E-state index in [2.05, 4.69) is 10.6 Å². The third-order valence-corrected chi connectivity index (χ3v) is 5.59. The maximum Gasteiger partial charge on any atom is 0.319 e. The van der Waals surface area contributed by atoms with Gasteiger partial charge in [0.1, 0.15) is 10.7 Å². The minimum Gasteiger partial charge on any atom is -0.481 e. The summed E-state index contributed by atoms with van der Waals surface area (Å²) < 4.78 is 39.2. The number of urea groups is 1. The van der Waals surface area contributed by atoms with E-state index in [-0.39, 0.29) is 17.6 Å². The molecule has 2 amide bonds. The highest BCUT2D eigenvalue weighted by molar-refractivity contribution is 7.89. The number of aliphatic carboxylic acids is 1.